The van der Waals surface area contributed by atoms with Crippen LogP contribution in [-0.2, 0) is 21.5 Å². The van der Waals surface area contributed by atoms with E-state index in [1.165, 1.54) is 11.1 Å². The van der Waals surface area contributed by atoms with Gasteiger partial charge in [-0.3, -0.25) is 14.9 Å². The topological polar surface area (TPSA) is 72.7 Å². The number of benzene rings is 2. The lowest BCUT2D eigenvalue weighted by molar-refractivity contribution is -0.955. The Morgan fingerprint density at radius 2 is 2.00 bits per heavy atom. The highest BCUT2D eigenvalue weighted by Crippen LogP contribution is 2.67. The lowest BCUT2D eigenvalue weighted by atomic mass is 9.53. The number of piperidine rings is 2. The zero-order valence-electron chi connectivity index (χ0n) is 19.5. The standard InChI is InChI=1S/C28H28N3O4/c32-25-14-23-26-20-13-24-28(21-3-1-2-4-22(21)29(25)27(26)28)10-11-31(24,16-18(20)9-12-35-23)15-17-5-7-19(8-6-17)30(33)34/h1-9,20,23-24,26-27H,10-16H2/q+1/t20-,23-,24+,26+,27-,28+,31+/m0/s1. The van der Waals surface area contributed by atoms with Gasteiger partial charge in [-0.15, -0.1) is 0 Å². The Balaban J connectivity index is 1.31. The molecule has 1 saturated carbocycles. The number of carbonyl (C=O) groups is 1. The predicted octanol–water partition coefficient (Wildman–Crippen LogP) is 3.72. The molecule has 178 valence electrons. The smallest absolute Gasteiger partial charge is 0.269 e. The Morgan fingerprint density at radius 1 is 1.17 bits per heavy atom. The number of nitrogens with zero attached hydrogens (tertiary/aromatic N) is 3. The summed E-state index contributed by atoms with van der Waals surface area (Å²) in [6.45, 7) is 3.54. The van der Waals surface area contributed by atoms with Crippen LogP contribution < -0.4 is 4.90 Å². The molecule has 3 saturated heterocycles. The molecular formula is C28H28N3O4+. The number of para-hydroxylation sites is 1. The fourth-order valence-electron chi connectivity index (χ4n) is 9.29. The first-order chi connectivity index (χ1) is 17.0. The molecule has 6 aliphatic rings. The number of fused-ring (bicyclic) bond motifs is 2. The number of hydrogen-bond donors (Lipinski definition) is 0. The maximum atomic E-state index is 13.6. The zero-order chi connectivity index (χ0) is 23.5. The molecule has 1 aliphatic carbocycles. The van der Waals surface area contributed by atoms with Gasteiger partial charge in [0.15, 0.2) is 0 Å². The van der Waals surface area contributed by atoms with Crippen LogP contribution in [-0.4, -0.2) is 53.2 Å². The summed E-state index contributed by atoms with van der Waals surface area (Å²) in [5.74, 6) is 1.03. The summed E-state index contributed by atoms with van der Waals surface area (Å²) < 4.78 is 7.36. The molecule has 1 spiro atoms. The zero-order valence-corrected chi connectivity index (χ0v) is 19.5. The van der Waals surface area contributed by atoms with Gasteiger partial charge in [0, 0.05) is 42.1 Å². The minimum absolute atomic E-state index is 0.00455. The molecule has 7 atom stereocenters. The molecule has 7 heteroatoms. The number of ether oxygens (including phenoxy) is 1. The lowest BCUT2D eigenvalue weighted by Crippen LogP contribution is -2.72. The summed E-state index contributed by atoms with van der Waals surface area (Å²) in [5.41, 5.74) is 5.24. The Hall–Kier alpha value is -3.03. The van der Waals surface area contributed by atoms with E-state index < -0.39 is 0 Å². The SMILES string of the molecule is O=C1C[C@@H]2OCC=C3C[N@+]4(Cc5ccc([N+](=O)[O-])cc5)CC[C@]56c7ccccc7N1[C@H]5[C@@H]2[C@H]3C[C@H]64. The van der Waals surface area contributed by atoms with Gasteiger partial charge < -0.3 is 14.1 Å². The maximum Gasteiger partial charge on any atom is 0.269 e. The van der Waals surface area contributed by atoms with Crippen molar-refractivity contribution >= 4 is 17.3 Å². The Bertz CT molecular complexity index is 1320. The first kappa shape index (κ1) is 20.2. The van der Waals surface area contributed by atoms with Crippen LogP contribution in [0.4, 0.5) is 11.4 Å². The summed E-state index contributed by atoms with van der Waals surface area (Å²) in [6.07, 6.45) is 5.01. The van der Waals surface area contributed by atoms with Gasteiger partial charge in [-0.05, 0) is 35.3 Å². The molecule has 2 aromatic rings. The van der Waals surface area contributed by atoms with E-state index in [0.717, 1.165) is 48.2 Å². The van der Waals surface area contributed by atoms with Crippen molar-refractivity contribution in [3.63, 3.8) is 0 Å². The normalized spacial score (nSPS) is 39.7. The second kappa shape index (κ2) is 6.59. The highest BCUT2D eigenvalue weighted by Gasteiger charge is 2.75. The molecule has 2 bridgehead atoms. The number of amides is 1. The van der Waals surface area contributed by atoms with Crippen molar-refractivity contribution in [2.24, 2.45) is 11.8 Å². The number of non-ortho nitro benzene ring substituents is 1. The third kappa shape index (κ3) is 2.36. The van der Waals surface area contributed by atoms with Crippen LogP contribution in [0.1, 0.15) is 30.4 Å². The minimum Gasteiger partial charge on any atom is -0.373 e. The van der Waals surface area contributed by atoms with Crippen LogP contribution in [0.2, 0.25) is 0 Å². The molecule has 5 aliphatic heterocycles. The van der Waals surface area contributed by atoms with E-state index in [-0.39, 0.29) is 34.1 Å². The molecule has 1 amide bonds. The molecule has 0 aromatic heterocycles. The van der Waals surface area contributed by atoms with Gasteiger partial charge in [-0.2, -0.15) is 0 Å². The number of rotatable bonds is 3. The fraction of sp³-hybridized carbons (Fsp3) is 0.464. The van der Waals surface area contributed by atoms with Crippen molar-refractivity contribution in [3.05, 3.63) is 81.4 Å². The highest BCUT2D eigenvalue weighted by atomic mass is 16.6. The van der Waals surface area contributed by atoms with Gasteiger partial charge in [0.2, 0.25) is 5.91 Å². The molecule has 35 heavy (non-hydrogen) atoms. The van der Waals surface area contributed by atoms with Crippen LogP contribution in [0.25, 0.3) is 0 Å². The number of nitro benzene ring substituents is 1. The van der Waals surface area contributed by atoms with E-state index in [9.17, 15) is 14.9 Å². The van der Waals surface area contributed by atoms with Gasteiger partial charge in [0.05, 0.1) is 42.1 Å². The summed E-state index contributed by atoms with van der Waals surface area (Å²) in [5, 5.41) is 11.2. The monoisotopic (exact) mass is 470 g/mol. The van der Waals surface area contributed by atoms with Crippen LogP contribution >= 0.6 is 0 Å². The van der Waals surface area contributed by atoms with Gasteiger partial charge >= 0.3 is 0 Å². The third-order valence-corrected chi connectivity index (χ3v) is 10.4. The maximum absolute atomic E-state index is 13.6. The lowest BCUT2D eigenvalue weighted by Gasteiger charge is -2.60. The Morgan fingerprint density at radius 3 is 2.83 bits per heavy atom. The van der Waals surface area contributed by atoms with E-state index in [4.69, 9.17) is 4.74 Å². The molecule has 5 heterocycles. The summed E-state index contributed by atoms with van der Waals surface area (Å²) in [4.78, 5) is 26.6. The largest absolute Gasteiger partial charge is 0.373 e. The molecule has 0 unspecified atom stereocenters. The molecule has 7 nitrogen and oxygen atoms in total. The van der Waals surface area contributed by atoms with Gasteiger partial charge in [-0.25, -0.2) is 0 Å². The molecular weight excluding hydrogens is 442 g/mol. The first-order valence-electron chi connectivity index (χ1n) is 12.8. The quantitative estimate of drug-likeness (QED) is 0.297. The van der Waals surface area contributed by atoms with Crippen LogP contribution in [0.3, 0.4) is 0 Å². The van der Waals surface area contributed by atoms with E-state index in [1.807, 2.05) is 12.1 Å². The van der Waals surface area contributed by atoms with Crippen molar-refractivity contribution in [3.8, 4) is 0 Å². The molecule has 8 rings (SSSR count). The molecule has 0 N–H and O–H groups in total. The average Bonchev–Trinajstić information content (AvgIpc) is 3.29. The predicted molar refractivity (Wildman–Crippen MR) is 129 cm³/mol. The highest BCUT2D eigenvalue weighted by molar-refractivity contribution is 5.99. The number of hydrogen-bond acceptors (Lipinski definition) is 4. The van der Waals surface area contributed by atoms with E-state index >= 15 is 0 Å². The molecule has 4 fully saturated rings. The third-order valence-electron chi connectivity index (χ3n) is 10.4. The summed E-state index contributed by atoms with van der Waals surface area (Å²) >= 11 is 0. The van der Waals surface area contributed by atoms with E-state index in [0.29, 0.717) is 30.9 Å². The van der Waals surface area contributed by atoms with Crippen molar-refractivity contribution in [1.82, 2.24) is 0 Å². The Kier molecular flexibility index (Phi) is 3.80. The van der Waals surface area contributed by atoms with Crippen LogP contribution in [0.5, 0.6) is 0 Å². The fourth-order valence-corrected chi connectivity index (χ4v) is 9.29. The second-order valence-electron chi connectivity index (χ2n) is 11.5. The number of anilines is 1. The van der Waals surface area contributed by atoms with E-state index in [1.54, 1.807) is 12.1 Å². The molecule has 0 radical (unpaired) electrons. The van der Waals surface area contributed by atoms with Crippen LogP contribution in [0, 0.1) is 22.0 Å². The Labute approximate surface area is 203 Å². The van der Waals surface area contributed by atoms with Crippen molar-refractivity contribution in [1.29, 1.82) is 0 Å². The number of carbonyl (C=O) groups excluding carboxylic acids is 1. The first-order valence-corrected chi connectivity index (χ1v) is 12.8. The second-order valence-corrected chi connectivity index (χ2v) is 11.5. The van der Waals surface area contributed by atoms with Crippen molar-refractivity contribution in [2.75, 3.05) is 24.6 Å². The molecule has 2 aromatic carbocycles. The van der Waals surface area contributed by atoms with Crippen molar-refractivity contribution < 1.29 is 18.9 Å². The van der Waals surface area contributed by atoms with Crippen molar-refractivity contribution in [2.45, 2.75) is 49.4 Å². The number of quaternary nitrogens is 1. The van der Waals surface area contributed by atoms with Gasteiger partial charge in [0.25, 0.3) is 5.69 Å². The van der Waals surface area contributed by atoms with E-state index in [2.05, 4.69) is 35.2 Å². The average molecular weight is 471 g/mol. The van der Waals surface area contributed by atoms with Gasteiger partial charge in [-0.1, -0.05) is 24.3 Å². The van der Waals surface area contributed by atoms with Crippen LogP contribution in [0.15, 0.2) is 60.2 Å². The van der Waals surface area contributed by atoms with Gasteiger partial charge in [0.1, 0.15) is 19.1 Å². The summed E-state index contributed by atoms with van der Waals surface area (Å²) in [7, 11) is 0. The minimum atomic E-state index is -0.329. The number of nitro groups is 1. The summed E-state index contributed by atoms with van der Waals surface area (Å²) in [6, 6.07) is 16.4.